The summed E-state index contributed by atoms with van der Waals surface area (Å²) in [6.45, 7) is 14.3. The second-order valence-electron chi connectivity index (χ2n) is 5.87. The predicted octanol–water partition coefficient (Wildman–Crippen LogP) is 2.97. The fraction of sp³-hybridized carbons (Fsp3) is 0.824. The predicted molar refractivity (Wildman–Crippen MR) is 95.0 cm³/mol. The third-order valence-corrected chi connectivity index (χ3v) is 3.66. The van der Waals surface area contributed by atoms with Crippen molar-refractivity contribution >= 4 is 5.96 Å². The first-order valence-electron chi connectivity index (χ1n) is 8.33. The summed E-state index contributed by atoms with van der Waals surface area (Å²) in [5.41, 5.74) is 0. The lowest BCUT2D eigenvalue weighted by Gasteiger charge is -2.22. The summed E-state index contributed by atoms with van der Waals surface area (Å²) in [6, 6.07) is 0.627. The average Bonchev–Trinajstić information content (AvgIpc) is 2.45. The fourth-order valence-corrected chi connectivity index (χ4v) is 1.96. The number of allylic oxidation sites excluding steroid dienone is 1. The Balaban J connectivity index is 4.06. The number of unbranched alkanes of at least 4 members (excludes halogenated alkanes) is 2. The molecule has 4 nitrogen and oxygen atoms in total. The molecule has 0 aliphatic rings. The lowest BCUT2D eigenvalue weighted by Crippen LogP contribution is -2.39. The van der Waals surface area contributed by atoms with Gasteiger partial charge < -0.3 is 15.1 Å². The van der Waals surface area contributed by atoms with E-state index in [-0.39, 0.29) is 0 Å². The SMILES string of the molecule is C=CCCCN(C)C(=NCCCCN(C)C(C)C)NCC. The Morgan fingerprint density at radius 1 is 1.19 bits per heavy atom. The summed E-state index contributed by atoms with van der Waals surface area (Å²) in [5, 5.41) is 3.37. The van der Waals surface area contributed by atoms with Gasteiger partial charge in [0.1, 0.15) is 0 Å². The summed E-state index contributed by atoms with van der Waals surface area (Å²) < 4.78 is 0. The maximum absolute atomic E-state index is 4.72. The van der Waals surface area contributed by atoms with Crippen molar-refractivity contribution in [3.05, 3.63) is 12.7 Å². The van der Waals surface area contributed by atoms with Gasteiger partial charge in [-0.15, -0.1) is 6.58 Å². The van der Waals surface area contributed by atoms with E-state index < -0.39 is 0 Å². The lowest BCUT2D eigenvalue weighted by molar-refractivity contribution is 0.269. The molecule has 124 valence electrons. The molecule has 0 aromatic heterocycles. The van der Waals surface area contributed by atoms with Crippen molar-refractivity contribution in [1.29, 1.82) is 0 Å². The zero-order chi connectivity index (χ0) is 16.1. The van der Waals surface area contributed by atoms with Crippen LogP contribution in [0.15, 0.2) is 17.6 Å². The quantitative estimate of drug-likeness (QED) is 0.275. The van der Waals surface area contributed by atoms with E-state index in [1.54, 1.807) is 0 Å². The molecule has 0 atom stereocenters. The largest absolute Gasteiger partial charge is 0.357 e. The molecule has 0 aromatic rings. The average molecular weight is 297 g/mol. The first kappa shape index (κ1) is 20.0. The Bertz CT molecular complexity index is 287. The van der Waals surface area contributed by atoms with E-state index in [2.05, 4.69) is 56.6 Å². The molecule has 0 spiro atoms. The van der Waals surface area contributed by atoms with Crippen LogP contribution in [0.2, 0.25) is 0 Å². The van der Waals surface area contributed by atoms with Crippen LogP contribution in [0.4, 0.5) is 0 Å². The summed E-state index contributed by atoms with van der Waals surface area (Å²) in [5.74, 6) is 1.03. The molecule has 0 bridgehead atoms. The van der Waals surface area contributed by atoms with Gasteiger partial charge in [-0.25, -0.2) is 0 Å². The number of hydrogen-bond donors (Lipinski definition) is 1. The second-order valence-corrected chi connectivity index (χ2v) is 5.87. The topological polar surface area (TPSA) is 30.9 Å². The molecule has 21 heavy (non-hydrogen) atoms. The van der Waals surface area contributed by atoms with Crippen molar-refractivity contribution in [3.63, 3.8) is 0 Å². The van der Waals surface area contributed by atoms with Crippen LogP contribution in [-0.4, -0.2) is 62.1 Å². The van der Waals surface area contributed by atoms with Gasteiger partial charge >= 0.3 is 0 Å². The minimum atomic E-state index is 0.627. The van der Waals surface area contributed by atoms with Crippen molar-refractivity contribution in [2.45, 2.75) is 52.5 Å². The smallest absolute Gasteiger partial charge is 0.193 e. The summed E-state index contributed by atoms with van der Waals surface area (Å²) in [6.07, 6.45) is 6.52. The van der Waals surface area contributed by atoms with Gasteiger partial charge in [-0.05, 0) is 60.0 Å². The highest BCUT2D eigenvalue weighted by molar-refractivity contribution is 5.79. The first-order chi connectivity index (χ1) is 10.0. The monoisotopic (exact) mass is 296 g/mol. The van der Waals surface area contributed by atoms with E-state index in [1.807, 2.05) is 6.08 Å². The van der Waals surface area contributed by atoms with E-state index in [0.29, 0.717) is 6.04 Å². The highest BCUT2D eigenvalue weighted by Crippen LogP contribution is 1.99. The van der Waals surface area contributed by atoms with Gasteiger partial charge in [-0.3, -0.25) is 4.99 Å². The number of rotatable bonds is 11. The molecule has 4 heteroatoms. The highest BCUT2D eigenvalue weighted by Gasteiger charge is 2.05. The minimum absolute atomic E-state index is 0.627. The number of aliphatic imine (C=N–C) groups is 1. The van der Waals surface area contributed by atoms with Crippen molar-refractivity contribution in [3.8, 4) is 0 Å². The Morgan fingerprint density at radius 3 is 2.48 bits per heavy atom. The molecular formula is C17H36N4. The van der Waals surface area contributed by atoms with E-state index in [1.165, 1.54) is 6.42 Å². The summed E-state index contributed by atoms with van der Waals surface area (Å²) >= 11 is 0. The van der Waals surface area contributed by atoms with Gasteiger partial charge in [0, 0.05) is 32.7 Å². The van der Waals surface area contributed by atoms with Gasteiger partial charge in [0.05, 0.1) is 0 Å². The van der Waals surface area contributed by atoms with Crippen molar-refractivity contribution < 1.29 is 0 Å². The first-order valence-corrected chi connectivity index (χ1v) is 8.33. The molecule has 0 unspecified atom stereocenters. The van der Waals surface area contributed by atoms with Crippen LogP contribution in [0.5, 0.6) is 0 Å². The molecule has 0 saturated carbocycles. The van der Waals surface area contributed by atoms with E-state index in [4.69, 9.17) is 4.99 Å². The van der Waals surface area contributed by atoms with Gasteiger partial charge in [0.2, 0.25) is 0 Å². The van der Waals surface area contributed by atoms with E-state index in [9.17, 15) is 0 Å². The van der Waals surface area contributed by atoms with Crippen LogP contribution in [0.25, 0.3) is 0 Å². The lowest BCUT2D eigenvalue weighted by atomic mass is 10.2. The van der Waals surface area contributed by atoms with Crippen LogP contribution >= 0.6 is 0 Å². The third-order valence-electron chi connectivity index (χ3n) is 3.66. The molecule has 0 heterocycles. The Kier molecular flexibility index (Phi) is 12.1. The van der Waals surface area contributed by atoms with Crippen LogP contribution < -0.4 is 5.32 Å². The molecule has 0 aromatic carbocycles. The summed E-state index contributed by atoms with van der Waals surface area (Å²) in [4.78, 5) is 9.32. The molecule has 0 aliphatic heterocycles. The van der Waals surface area contributed by atoms with Crippen LogP contribution in [0.1, 0.15) is 46.5 Å². The number of hydrogen-bond acceptors (Lipinski definition) is 2. The maximum Gasteiger partial charge on any atom is 0.193 e. The fourth-order valence-electron chi connectivity index (χ4n) is 1.96. The van der Waals surface area contributed by atoms with Crippen LogP contribution in [0, 0.1) is 0 Å². The second kappa shape index (κ2) is 12.7. The van der Waals surface area contributed by atoms with Crippen molar-refractivity contribution in [1.82, 2.24) is 15.1 Å². The summed E-state index contributed by atoms with van der Waals surface area (Å²) in [7, 11) is 4.29. The number of nitrogens with zero attached hydrogens (tertiary/aromatic N) is 3. The normalized spacial score (nSPS) is 12.0. The Morgan fingerprint density at radius 2 is 1.90 bits per heavy atom. The standard InChI is InChI=1S/C17H36N4/c1-7-9-11-15-21(6)17(18-8-2)19-13-10-12-14-20(5)16(3)4/h7,16H,1,8-15H2,2-6H3,(H,18,19). The number of nitrogens with one attached hydrogen (secondary N) is 1. The molecule has 0 amide bonds. The van der Waals surface area contributed by atoms with E-state index in [0.717, 1.165) is 51.4 Å². The molecule has 0 fully saturated rings. The van der Waals surface area contributed by atoms with Crippen LogP contribution in [0.3, 0.4) is 0 Å². The third kappa shape index (κ3) is 10.4. The van der Waals surface area contributed by atoms with Crippen molar-refractivity contribution in [2.75, 3.05) is 40.3 Å². The zero-order valence-electron chi connectivity index (χ0n) is 14.9. The molecule has 0 radical (unpaired) electrons. The Labute approximate surface area is 132 Å². The molecule has 0 saturated heterocycles. The van der Waals surface area contributed by atoms with Gasteiger partial charge in [0.25, 0.3) is 0 Å². The molecule has 0 rings (SSSR count). The Hall–Kier alpha value is -1.03. The molecule has 1 N–H and O–H groups in total. The van der Waals surface area contributed by atoms with Crippen molar-refractivity contribution in [2.24, 2.45) is 4.99 Å². The zero-order valence-corrected chi connectivity index (χ0v) is 14.9. The van der Waals surface area contributed by atoms with Gasteiger partial charge in [-0.2, -0.15) is 0 Å². The van der Waals surface area contributed by atoms with E-state index >= 15 is 0 Å². The molecule has 0 aliphatic carbocycles. The highest BCUT2D eigenvalue weighted by atomic mass is 15.3. The maximum atomic E-state index is 4.72. The van der Waals surface area contributed by atoms with Gasteiger partial charge in [-0.1, -0.05) is 6.08 Å². The van der Waals surface area contributed by atoms with Gasteiger partial charge in [0.15, 0.2) is 5.96 Å². The molecular weight excluding hydrogens is 260 g/mol. The minimum Gasteiger partial charge on any atom is -0.357 e. The van der Waals surface area contributed by atoms with Crippen LogP contribution in [-0.2, 0) is 0 Å². The number of guanidine groups is 1.